The van der Waals surface area contributed by atoms with Crippen molar-refractivity contribution in [2.24, 2.45) is 0 Å². The van der Waals surface area contributed by atoms with Crippen molar-refractivity contribution in [3.8, 4) is 11.3 Å². The Kier molecular flexibility index (Phi) is 4.90. The van der Waals surface area contributed by atoms with Gasteiger partial charge in [-0.1, -0.05) is 17.7 Å². The second-order valence-electron chi connectivity index (χ2n) is 5.42. The molecule has 1 aromatic carbocycles. The first-order chi connectivity index (χ1) is 12.0. The topological polar surface area (TPSA) is 76.9 Å². The van der Waals surface area contributed by atoms with Gasteiger partial charge in [-0.05, 0) is 43.3 Å². The highest BCUT2D eigenvalue weighted by Crippen LogP contribution is 2.17. The number of halogens is 1. The van der Waals surface area contributed by atoms with Crippen molar-refractivity contribution >= 4 is 23.2 Å². The Bertz CT molecular complexity index is 957. The van der Waals surface area contributed by atoms with Gasteiger partial charge in [0.05, 0.1) is 5.69 Å². The van der Waals surface area contributed by atoms with Crippen molar-refractivity contribution < 1.29 is 4.79 Å². The standard InChI is InChI=1S/C18H15ClN4O2/c1-12(18(25)21-15-6-2-5-14(19)10-15)23-17(24)8-7-16(22-23)13-4-3-9-20-11-13/h2-12H,1H3,(H,21,25). The number of anilines is 1. The fourth-order valence-electron chi connectivity index (χ4n) is 2.29. The van der Waals surface area contributed by atoms with Gasteiger partial charge in [0.2, 0.25) is 5.91 Å². The van der Waals surface area contributed by atoms with Crippen LogP contribution in [0.15, 0.2) is 65.7 Å². The van der Waals surface area contributed by atoms with E-state index in [1.807, 2.05) is 6.07 Å². The summed E-state index contributed by atoms with van der Waals surface area (Å²) in [5.74, 6) is -0.361. The maximum absolute atomic E-state index is 12.5. The number of carbonyl (C=O) groups excluding carboxylic acids is 1. The largest absolute Gasteiger partial charge is 0.324 e. The van der Waals surface area contributed by atoms with Gasteiger partial charge in [0.15, 0.2) is 0 Å². The van der Waals surface area contributed by atoms with Gasteiger partial charge >= 0.3 is 0 Å². The van der Waals surface area contributed by atoms with E-state index in [2.05, 4.69) is 15.4 Å². The molecule has 7 heteroatoms. The predicted octanol–water partition coefficient (Wildman–Crippen LogP) is 3.16. The maximum atomic E-state index is 12.5. The number of carbonyl (C=O) groups is 1. The van der Waals surface area contributed by atoms with Gasteiger partial charge in [0.1, 0.15) is 6.04 Å². The zero-order valence-electron chi connectivity index (χ0n) is 13.4. The van der Waals surface area contributed by atoms with E-state index >= 15 is 0 Å². The van der Waals surface area contributed by atoms with Crippen LogP contribution in [0.5, 0.6) is 0 Å². The number of benzene rings is 1. The molecule has 0 saturated heterocycles. The zero-order valence-corrected chi connectivity index (χ0v) is 14.1. The number of amides is 1. The third-order valence-corrected chi connectivity index (χ3v) is 3.86. The number of rotatable bonds is 4. The molecule has 3 aromatic rings. The number of nitrogens with zero attached hydrogens (tertiary/aromatic N) is 3. The van der Waals surface area contributed by atoms with Gasteiger partial charge in [-0.15, -0.1) is 0 Å². The second kappa shape index (κ2) is 7.27. The number of nitrogens with one attached hydrogen (secondary N) is 1. The van der Waals surface area contributed by atoms with Crippen LogP contribution in [0.2, 0.25) is 5.02 Å². The van der Waals surface area contributed by atoms with E-state index in [9.17, 15) is 9.59 Å². The summed E-state index contributed by atoms with van der Waals surface area (Å²) in [5.41, 5.74) is 1.52. The molecule has 3 rings (SSSR count). The quantitative estimate of drug-likeness (QED) is 0.780. The minimum Gasteiger partial charge on any atom is -0.324 e. The normalized spacial score (nSPS) is 11.8. The molecular weight excluding hydrogens is 340 g/mol. The number of aromatic nitrogens is 3. The third-order valence-electron chi connectivity index (χ3n) is 3.62. The molecular formula is C18H15ClN4O2. The van der Waals surface area contributed by atoms with Gasteiger partial charge in [0.25, 0.3) is 5.56 Å². The lowest BCUT2D eigenvalue weighted by Crippen LogP contribution is -2.33. The molecule has 2 aromatic heterocycles. The molecule has 6 nitrogen and oxygen atoms in total. The van der Waals surface area contributed by atoms with Crippen LogP contribution in [0.4, 0.5) is 5.69 Å². The first kappa shape index (κ1) is 16.9. The maximum Gasteiger partial charge on any atom is 0.267 e. The summed E-state index contributed by atoms with van der Waals surface area (Å²) in [6, 6.07) is 12.6. The Morgan fingerprint density at radius 1 is 1.20 bits per heavy atom. The second-order valence-corrected chi connectivity index (χ2v) is 5.86. The molecule has 0 aliphatic carbocycles. The van der Waals surface area contributed by atoms with Crippen molar-refractivity contribution in [1.29, 1.82) is 0 Å². The molecule has 25 heavy (non-hydrogen) atoms. The summed E-state index contributed by atoms with van der Waals surface area (Å²) >= 11 is 5.91. The van der Waals surface area contributed by atoms with Crippen LogP contribution in [0.25, 0.3) is 11.3 Å². The number of pyridine rings is 1. The first-order valence-corrected chi connectivity index (χ1v) is 7.99. The van der Waals surface area contributed by atoms with Crippen LogP contribution >= 0.6 is 11.6 Å². The fraction of sp³-hybridized carbons (Fsp3) is 0.111. The Labute approximate surface area is 149 Å². The molecule has 1 amide bonds. The highest BCUT2D eigenvalue weighted by molar-refractivity contribution is 6.30. The van der Waals surface area contributed by atoms with Crippen molar-refractivity contribution in [2.75, 3.05) is 5.32 Å². The van der Waals surface area contributed by atoms with E-state index in [0.29, 0.717) is 16.4 Å². The highest BCUT2D eigenvalue weighted by Gasteiger charge is 2.18. The van der Waals surface area contributed by atoms with E-state index in [4.69, 9.17) is 11.6 Å². The molecule has 2 heterocycles. The lowest BCUT2D eigenvalue weighted by Gasteiger charge is -2.15. The van der Waals surface area contributed by atoms with E-state index in [0.717, 1.165) is 10.2 Å². The molecule has 0 aliphatic heterocycles. The molecule has 0 fully saturated rings. The molecule has 1 atom stereocenters. The van der Waals surface area contributed by atoms with Crippen LogP contribution in [0, 0.1) is 0 Å². The monoisotopic (exact) mass is 354 g/mol. The lowest BCUT2D eigenvalue weighted by atomic mass is 10.2. The van der Waals surface area contributed by atoms with E-state index in [-0.39, 0.29) is 11.5 Å². The average Bonchev–Trinajstić information content (AvgIpc) is 2.62. The summed E-state index contributed by atoms with van der Waals surface area (Å²) in [6.45, 7) is 1.61. The molecule has 0 saturated carbocycles. The average molecular weight is 355 g/mol. The number of hydrogen-bond donors (Lipinski definition) is 1. The van der Waals surface area contributed by atoms with E-state index < -0.39 is 6.04 Å². The van der Waals surface area contributed by atoms with Crippen LogP contribution < -0.4 is 10.9 Å². The Morgan fingerprint density at radius 3 is 2.76 bits per heavy atom. The Morgan fingerprint density at radius 2 is 2.04 bits per heavy atom. The Balaban J connectivity index is 1.87. The SMILES string of the molecule is CC(C(=O)Nc1cccc(Cl)c1)n1nc(-c2cccnc2)ccc1=O. The fourth-order valence-corrected chi connectivity index (χ4v) is 2.49. The van der Waals surface area contributed by atoms with Crippen LogP contribution in [0.1, 0.15) is 13.0 Å². The summed E-state index contributed by atoms with van der Waals surface area (Å²) in [6.07, 6.45) is 3.30. The van der Waals surface area contributed by atoms with Gasteiger partial charge in [-0.3, -0.25) is 14.6 Å². The lowest BCUT2D eigenvalue weighted by molar-refractivity contribution is -0.119. The Hall–Kier alpha value is -2.99. The van der Waals surface area contributed by atoms with Gasteiger partial charge in [-0.2, -0.15) is 5.10 Å². The summed E-state index contributed by atoms with van der Waals surface area (Å²) in [5, 5.41) is 7.55. The molecule has 1 N–H and O–H groups in total. The molecule has 126 valence electrons. The molecule has 0 bridgehead atoms. The molecule has 0 radical (unpaired) electrons. The predicted molar refractivity (Wildman–Crippen MR) is 96.5 cm³/mol. The van der Waals surface area contributed by atoms with Gasteiger partial charge in [-0.25, -0.2) is 4.68 Å². The smallest absolute Gasteiger partial charge is 0.267 e. The molecule has 1 unspecified atom stereocenters. The summed E-state index contributed by atoms with van der Waals surface area (Å²) < 4.78 is 1.15. The highest BCUT2D eigenvalue weighted by atomic mass is 35.5. The molecule has 0 spiro atoms. The van der Waals surface area contributed by atoms with Crippen LogP contribution in [-0.2, 0) is 4.79 Å². The zero-order chi connectivity index (χ0) is 17.8. The minimum absolute atomic E-state index is 0.360. The van der Waals surface area contributed by atoms with E-state index in [1.165, 1.54) is 6.07 Å². The van der Waals surface area contributed by atoms with Crippen molar-refractivity contribution in [3.63, 3.8) is 0 Å². The van der Waals surface area contributed by atoms with Crippen LogP contribution in [0.3, 0.4) is 0 Å². The number of hydrogen-bond acceptors (Lipinski definition) is 4. The summed E-state index contributed by atoms with van der Waals surface area (Å²) in [7, 11) is 0. The first-order valence-electron chi connectivity index (χ1n) is 7.61. The summed E-state index contributed by atoms with van der Waals surface area (Å²) in [4.78, 5) is 28.6. The molecule has 0 aliphatic rings. The third kappa shape index (κ3) is 3.92. The minimum atomic E-state index is -0.789. The van der Waals surface area contributed by atoms with Crippen molar-refractivity contribution in [2.45, 2.75) is 13.0 Å². The van der Waals surface area contributed by atoms with Crippen molar-refractivity contribution in [1.82, 2.24) is 14.8 Å². The van der Waals surface area contributed by atoms with Crippen LogP contribution in [-0.4, -0.2) is 20.7 Å². The van der Waals surface area contributed by atoms with E-state index in [1.54, 1.807) is 55.7 Å². The van der Waals surface area contributed by atoms with Gasteiger partial charge < -0.3 is 5.32 Å². The van der Waals surface area contributed by atoms with Crippen molar-refractivity contribution in [3.05, 3.63) is 76.3 Å². The van der Waals surface area contributed by atoms with Gasteiger partial charge in [0, 0.05) is 34.7 Å².